The van der Waals surface area contributed by atoms with Gasteiger partial charge in [-0.05, 0) is 24.7 Å². The van der Waals surface area contributed by atoms with E-state index in [-0.39, 0.29) is 29.6 Å². The van der Waals surface area contributed by atoms with Crippen molar-refractivity contribution in [1.82, 2.24) is 10.2 Å². The van der Waals surface area contributed by atoms with Gasteiger partial charge in [0.25, 0.3) is 0 Å². The van der Waals surface area contributed by atoms with Crippen LogP contribution in [0.15, 0.2) is 0 Å². The summed E-state index contributed by atoms with van der Waals surface area (Å²) in [5, 5.41) is 11.8. The molecule has 0 aromatic heterocycles. The van der Waals surface area contributed by atoms with E-state index in [4.69, 9.17) is 0 Å². The van der Waals surface area contributed by atoms with Crippen LogP contribution in [0, 0.1) is 17.8 Å². The number of amides is 2. The topological polar surface area (TPSA) is 86.7 Å². The second-order valence-corrected chi connectivity index (χ2v) is 6.79. The normalized spacial score (nSPS) is 21.0. The second kappa shape index (κ2) is 7.61. The van der Waals surface area contributed by atoms with Crippen LogP contribution in [0.5, 0.6) is 0 Å². The number of aliphatic carboxylic acids is 1. The van der Waals surface area contributed by atoms with Gasteiger partial charge < -0.3 is 15.3 Å². The molecular weight excluding hydrogens is 284 g/mol. The summed E-state index contributed by atoms with van der Waals surface area (Å²) >= 11 is 0. The molecule has 6 heteroatoms. The number of carboxylic acid groups (broad SMARTS) is 1. The minimum Gasteiger partial charge on any atom is -0.480 e. The summed E-state index contributed by atoms with van der Waals surface area (Å²) in [6, 6.07) is -1.47. The van der Waals surface area contributed by atoms with Gasteiger partial charge in [0.15, 0.2) is 0 Å². The van der Waals surface area contributed by atoms with E-state index in [2.05, 4.69) is 5.32 Å². The fourth-order valence-corrected chi connectivity index (χ4v) is 2.61. The third-order valence-corrected chi connectivity index (χ3v) is 4.46. The molecule has 2 N–H and O–H groups in total. The lowest BCUT2D eigenvalue weighted by Crippen LogP contribution is -2.53. The van der Waals surface area contributed by atoms with Gasteiger partial charge >= 0.3 is 5.97 Å². The number of carbonyl (C=O) groups excluding carboxylic acids is 2. The average molecular weight is 312 g/mol. The minimum atomic E-state index is -1.05. The first-order valence-corrected chi connectivity index (χ1v) is 8.00. The first-order valence-electron chi connectivity index (χ1n) is 8.00. The molecule has 0 aromatic carbocycles. The quantitative estimate of drug-likeness (QED) is 0.778. The molecule has 126 valence electrons. The van der Waals surface area contributed by atoms with Crippen molar-refractivity contribution >= 4 is 17.8 Å². The van der Waals surface area contributed by atoms with Crippen LogP contribution >= 0.6 is 0 Å². The fourth-order valence-electron chi connectivity index (χ4n) is 2.61. The number of hydrogen-bond donors (Lipinski definition) is 2. The highest BCUT2D eigenvalue weighted by Crippen LogP contribution is 2.23. The van der Waals surface area contributed by atoms with Gasteiger partial charge in [-0.2, -0.15) is 0 Å². The van der Waals surface area contributed by atoms with Crippen molar-refractivity contribution in [2.24, 2.45) is 17.8 Å². The highest BCUT2D eigenvalue weighted by atomic mass is 16.4. The Morgan fingerprint density at radius 2 is 1.68 bits per heavy atom. The molecule has 0 spiro atoms. The molecule has 1 aliphatic rings. The van der Waals surface area contributed by atoms with Gasteiger partial charge in [-0.25, -0.2) is 4.79 Å². The molecule has 0 radical (unpaired) electrons. The predicted molar refractivity (Wildman–Crippen MR) is 83.1 cm³/mol. The zero-order valence-electron chi connectivity index (χ0n) is 14.1. The first-order chi connectivity index (χ1) is 10.2. The zero-order chi connectivity index (χ0) is 17.0. The van der Waals surface area contributed by atoms with E-state index in [1.165, 1.54) is 0 Å². The number of carbonyl (C=O) groups is 3. The summed E-state index contributed by atoms with van der Waals surface area (Å²) in [5.74, 6) is -1.57. The van der Waals surface area contributed by atoms with Gasteiger partial charge in [-0.3, -0.25) is 9.59 Å². The fraction of sp³-hybridized carbons (Fsp3) is 0.812. The third-order valence-electron chi connectivity index (χ3n) is 4.46. The molecule has 22 heavy (non-hydrogen) atoms. The van der Waals surface area contributed by atoms with Crippen LogP contribution in [0.3, 0.4) is 0 Å². The molecule has 0 saturated carbocycles. The van der Waals surface area contributed by atoms with E-state index in [1.807, 2.05) is 20.8 Å². The third kappa shape index (κ3) is 4.21. The summed E-state index contributed by atoms with van der Waals surface area (Å²) < 4.78 is 0. The van der Waals surface area contributed by atoms with Gasteiger partial charge in [0.1, 0.15) is 12.1 Å². The maximum atomic E-state index is 12.5. The Morgan fingerprint density at radius 1 is 1.09 bits per heavy atom. The summed E-state index contributed by atoms with van der Waals surface area (Å²) in [4.78, 5) is 37.7. The van der Waals surface area contributed by atoms with Crippen LogP contribution < -0.4 is 5.32 Å². The van der Waals surface area contributed by atoms with Crippen LogP contribution in [-0.4, -0.2) is 46.4 Å². The van der Waals surface area contributed by atoms with Gasteiger partial charge in [0.05, 0.1) is 0 Å². The number of rotatable bonds is 6. The molecule has 3 atom stereocenters. The molecule has 6 nitrogen and oxygen atoms in total. The summed E-state index contributed by atoms with van der Waals surface area (Å²) in [5.41, 5.74) is 0. The average Bonchev–Trinajstić information content (AvgIpc) is 2.91. The van der Waals surface area contributed by atoms with Crippen LogP contribution in [0.4, 0.5) is 0 Å². The van der Waals surface area contributed by atoms with Crippen molar-refractivity contribution in [1.29, 1.82) is 0 Å². The lowest BCUT2D eigenvalue weighted by molar-refractivity contribution is -0.146. The van der Waals surface area contributed by atoms with E-state index in [0.29, 0.717) is 13.0 Å². The maximum Gasteiger partial charge on any atom is 0.326 e. The Labute approximate surface area is 132 Å². The molecule has 1 rings (SSSR count). The van der Waals surface area contributed by atoms with Gasteiger partial charge in [-0.15, -0.1) is 0 Å². The van der Waals surface area contributed by atoms with Crippen molar-refractivity contribution in [2.45, 2.75) is 59.5 Å². The first kappa shape index (κ1) is 18.5. The highest BCUT2D eigenvalue weighted by molar-refractivity contribution is 5.91. The zero-order valence-corrected chi connectivity index (χ0v) is 14.1. The van der Waals surface area contributed by atoms with E-state index in [9.17, 15) is 19.5 Å². The van der Waals surface area contributed by atoms with Crippen LogP contribution in [0.25, 0.3) is 0 Å². The maximum absolute atomic E-state index is 12.5. The number of nitrogens with zero attached hydrogens (tertiary/aromatic N) is 1. The van der Waals surface area contributed by atoms with Crippen molar-refractivity contribution in [3.8, 4) is 0 Å². The summed E-state index contributed by atoms with van der Waals surface area (Å²) in [7, 11) is 0. The largest absolute Gasteiger partial charge is 0.480 e. The molecule has 1 aliphatic heterocycles. The Balaban J connectivity index is 2.79. The number of hydrogen-bond acceptors (Lipinski definition) is 3. The van der Waals surface area contributed by atoms with Crippen molar-refractivity contribution in [2.75, 3.05) is 6.54 Å². The molecule has 0 aliphatic carbocycles. The van der Waals surface area contributed by atoms with Gasteiger partial charge in [0.2, 0.25) is 11.8 Å². The molecule has 1 saturated heterocycles. The number of nitrogens with one attached hydrogen (secondary N) is 1. The van der Waals surface area contributed by atoms with Crippen molar-refractivity contribution in [3.05, 3.63) is 0 Å². The van der Waals surface area contributed by atoms with Crippen LogP contribution in [0.1, 0.15) is 47.5 Å². The second-order valence-electron chi connectivity index (χ2n) is 6.79. The van der Waals surface area contributed by atoms with Crippen LogP contribution in [0.2, 0.25) is 0 Å². The number of likely N-dealkylation sites (tertiary alicyclic amines) is 1. The lowest BCUT2D eigenvalue weighted by Gasteiger charge is -2.29. The predicted octanol–water partition coefficient (Wildman–Crippen LogP) is 1.49. The van der Waals surface area contributed by atoms with E-state index >= 15 is 0 Å². The van der Waals surface area contributed by atoms with Gasteiger partial charge in [-0.1, -0.05) is 34.6 Å². The summed E-state index contributed by atoms with van der Waals surface area (Å²) in [6.45, 7) is 9.89. The molecule has 0 unspecified atom stereocenters. The molecule has 2 amide bonds. The summed E-state index contributed by atoms with van der Waals surface area (Å²) in [6.07, 6.45) is 1.36. The van der Waals surface area contributed by atoms with Gasteiger partial charge in [0, 0.05) is 12.5 Å². The Hall–Kier alpha value is -1.59. The SMILES string of the molecule is CC(C)[C@H](C)C(=O)N1CCC[C@H]1C(=O)N[C@H](C(=O)O)C(C)C. The Bertz CT molecular complexity index is 434. The van der Waals surface area contributed by atoms with E-state index < -0.39 is 18.1 Å². The Morgan fingerprint density at radius 3 is 2.14 bits per heavy atom. The molecule has 0 aromatic rings. The molecular formula is C16H28N2O4. The van der Waals surface area contributed by atoms with E-state index in [1.54, 1.807) is 18.7 Å². The van der Waals surface area contributed by atoms with E-state index in [0.717, 1.165) is 6.42 Å². The highest BCUT2D eigenvalue weighted by Gasteiger charge is 2.38. The lowest BCUT2D eigenvalue weighted by atomic mass is 9.96. The smallest absolute Gasteiger partial charge is 0.326 e. The molecule has 1 fully saturated rings. The number of carboxylic acids is 1. The van der Waals surface area contributed by atoms with Crippen molar-refractivity contribution in [3.63, 3.8) is 0 Å². The standard InChI is InChI=1S/C16H28N2O4/c1-9(2)11(5)15(20)18-8-6-7-12(18)14(19)17-13(10(3)4)16(21)22/h9-13H,6-8H2,1-5H3,(H,17,19)(H,21,22)/t11-,12-,13-/m0/s1. The molecule has 0 bridgehead atoms. The van der Waals surface area contributed by atoms with Crippen LogP contribution in [-0.2, 0) is 14.4 Å². The van der Waals surface area contributed by atoms with Crippen molar-refractivity contribution < 1.29 is 19.5 Å². The minimum absolute atomic E-state index is 0.0240. The molecule has 1 heterocycles. The monoisotopic (exact) mass is 312 g/mol. The Kier molecular flexibility index (Phi) is 6.38.